The van der Waals surface area contributed by atoms with E-state index in [9.17, 15) is 16.4 Å². The number of piperazine rings is 1. The van der Waals surface area contributed by atoms with E-state index >= 15 is 0 Å². The van der Waals surface area contributed by atoms with Crippen LogP contribution in [0, 0.1) is 0 Å². The Morgan fingerprint density at radius 1 is 0.821 bits per heavy atom. The van der Waals surface area contributed by atoms with Gasteiger partial charge in [-0.3, -0.25) is 4.90 Å². The summed E-state index contributed by atoms with van der Waals surface area (Å²) < 4.78 is 53.0. The van der Waals surface area contributed by atoms with Crippen LogP contribution in [0.2, 0.25) is 0 Å². The van der Waals surface area contributed by atoms with Crippen LogP contribution >= 0.6 is 25.3 Å². The second kappa shape index (κ2) is 8.09. The molecule has 1 aromatic carbocycles. The van der Waals surface area contributed by atoms with E-state index in [0.29, 0.717) is 5.56 Å². The summed E-state index contributed by atoms with van der Waals surface area (Å²) >= 11 is 8.67. The third-order valence-electron chi connectivity index (χ3n) is 4.60. The molecule has 10 heteroatoms. The monoisotopic (exact) mass is 447 g/mol. The van der Waals surface area contributed by atoms with E-state index in [0.717, 1.165) is 43.9 Å². The van der Waals surface area contributed by atoms with Crippen molar-refractivity contribution in [1.29, 1.82) is 0 Å². The van der Waals surface area contributed by atoms with Crippen LogP contribution in [0.25, 0.3) is 12.2 Å². The van der Waals surface area contributed by atoms with Crippen LogP contribution < -0.4 is 14.9 Å². The maximum atomic E-state index is 12.8. The fraction of sp³-hybridized carbons (Fsp3) is 0.278. The third kappa shape index (κ3) is 5.53. The van der Waals surface area contributed by atoms with Gasteiger partial charge in [0, 0.05) is 13.1 Å². The second-order valence-corrected chi connectivity index (χ2v) is 10.2. The van der Waals surface area contributed by atoms with Crippen LogP contribution in [-0.4, -0.2) is 44.5 Å². The molecule has 0 aliphatic carbocycles. The van der Waals surface area contributed by atoms with Gasteiger partial charge in [-0.05, 0) is 0 Å². The van der Waals surface area contributed by atoms with Crippen molar-refractivity contribution in [3.63, 3.8) is 0 Å². The average Bonchev–Trinajstić information content (AvgIpc) is 2.66. The summed E-state index contributed by atoms with van der Waals surface area (Å²) in [4.78, 5) is 2.18. The molecule has 0 radical (unpaired) electrons. The minimum absolute atomic E-state index is 0.0529. The van der Waals surface area contributed by atoms with Gasteiger partial charge in [0.1, 0.15) is 0 Å². The van der Waals surface area contributed by atoms with Crippen molar-refractivity contribution < 1.29 is 21.1 Å². The Balaban J connectivity index is 1.61. The Morgan fingerprint density at radius 2 is 1.32 bits per heavy atom. The number of benzene rings is 1. The number of halogens is 4. The molecule has 3 rings (SSSR count). The fourth-order valence-corrected chi connectivity index (χ4v) is 4.07. The van der Waals surface area contributed by atoms with Crippen LogP contribution in [0.4, 0.5) is 16.4 Å². The molecule has 0 spiro atoms. The molecule has 1 saturated heterocycles. The number of nitrogens with zero attached hydrogens (tertiary/aromatic N) is 3. The molecule has 1 aliphatic heterocycles. The Hall–Kier alpha value is -1.49. The molecule has 0 unspecified atom stereocenters. The quantitative estimate of drug-likeness (QED) is 0.182. The predicted octanol–water partition coefficient (Wildman–Crippen LogP) is 3.02. The van der Waals surface area contributed by atoms with Crippen LogP contribution in [-0.2, 0) is 0 Å². The van der Waals surface area contributed by atoms with Crippen molar-refractivity contribution in [3.05, 3.63) is 59.9 Å². The van der Waals surface area contributed by atoms with Crippen molar-refractivity contribution in [2.24, 2.45) is 0 Å². The van der Waals surface area contributed by atoms with Crippen molar-refractivity contribution in [1.82, 2.24) is 4.90 Å². The molecule has 0 N–H and O–H groups in total. The van der Waals surface area contributed by atoms with E-state index in [1.807, 2.05) is 29.2 Å². The molecule has 0 atom stereocenters. The zero-order valence-corrected chi connectivity index (χ0v) is 17.7. The first kappa shape index (κ1) is 21.2. The van der Waals surface area contributed by atoms with Gasteiger partial charge in [-0.15, -0.1) is 25.3 Å². The van der Waals surface area contributed by atoms with Gasteiger partial charge in [0.25, 0.3) is 0 Å². The Kier molecular flexibility index (Phi) is 6.13. The molecule has 3 nitrogen and oxygen atoms in total. The van der Waals surface area contributed by atoms with E-state index in [2.05, 4.69) is 35.2 Å². The number of rotatable bonds is 5. The standard InChI is InChI=1S/C18H21F4N3S2Si/c19-28(20,21,22)17-5-3-15(4-6-17)1-2-16-7-9-24(10-8-16)25-13-11-23(12-14-25)18(26)27/h1-10,18,26-27H,11-14H2/b2-1+. The molecule has 28 heavy (non-hydrogen) atoms. The molecular formula is C18H21F4N3S2Si. The van der Waals surface area contributed by atoms with Gasteiger partial charge in [0.15, 0.2) is 0 Å². The molecular weight excluding hydrogens is 426 g/mol. The molecule has 152 valence electrons. The summed E-state index contributed by atoms with van der Waals surface area (Å²) in [5, 5.41) is 1.04. The summed E-state index contributed by atoms with van der Waals surface area (Å²) in [6, 6.07) is 8.00. The van der Waals surface area contributed by atoms with Gasteiger partial charge in [0.05, 0.1) is 4.71 Å². The van der Waals surface area contributed by atoms with Crippen molar-refractivity contribution in [2.75, 3.05) is 31.2 Å². The number of pyridine rings is 1. The van der Waals surface area contributed by atoms with Crippen LogP contribution in [0.3, 0.4) is 0 Å². The van der Waals surface area contributed by atoms with Gasteiger partial charge >= 0.3 is 125 Å². The van der Waals surface area contributed by atoms with Crippen molar-refractivity contribution in [3.8, 4) is 0 Å². The number of aromatic nitrogens is 1. The van der Waals surface area contributed by atoms with Gasteiger partial charge in [0.2, 0.25) is 0 Å². The molecule has 0 bridgehead atoms. The van der Waals surface area contributed by atoms with Gasteiger partial charge in [-0.2, -0.15) is 0 Å². The molecule has 1 aromatic heterocycles. The SMILES string of the molecule is F[Si-](F)(F)(F)c1ccc(/C=C/c2cc[n+](N3CCN(C(S)S)CC3)cc2)cc1. The summed E-state index contributed by atoms with van der Waals surface area (Å²) in [7, 11) is -7.93. The van der Waals surface area contributed by atoms with E-state index in [1.54, 1.807) is 12.2 Å². The Bertz CT molecular complexity index is 821. The molecule has 0 amide bonds. The molecule has 1 fully saturated rings. The van der Waals surface area contributed by atoms with E-state index < -0.39 is 13.9 Å². The summed E-state index contributed by atoms with van der Waals surface area (Å²) in [6.45, 7) is 3.48. The molecule has 1 aliphatic rings. The van der Waals surface area contributed by atoms with E-state index in [1.165, 1.54) is 12.1 Å². The van der Waals surface area contributed by atoms with Gasteiger partial charge < -0.3 is 0 Å². The van der Waals surface area contributed by atoms with Gasteiger partial charge in [-0.25, -0.2) is 0 Å². The molecule has 0 saturated carbocycles. The summed E-state index contributed by atoms with van der Waals surface area (Å²) in [6.07, 6.45) is 7.40. The Labute approximate surface area is 173 Å². The van der Waals surface area contributed by atoms with E-state index in [-0.39, 0.29) is 4.71 Å². The van der Waals surface area contributed by atoms with Gasteiger partial charge in [-0.1, -0.05) is 0 Å². The summed E-state index contributed by atoms with van der Waals surface area (Å²) in [5.74, 6) is 0. The zero-order valence-electron chi connectivity index (χ0n) is 14.9. The van der Waals surface area contributed by atoms with Crippen molar-refractivity contribution >= 4 is 51.3 Å². The second-order valence-electron chi connectivity index (χ2n) is 6.61. The Morgan fingerprint density at radius 3 is 1.79 bits per heavy atom. The predicted molar refractivity (Wildman–Crippen MR) is 113 cm³/mol. The van der Waals surface area contributed by atoms with Crippen LogP contribution in [0.5, 0.6) is 0 Å². The maximum absolute atomic E-state index is 12.8. The normalized spacial score (nSPS) is 17.8. The number of hydrogen-bond donors (Lipinski definition) is 2. The first-order chi connectivity index (χ1) is 13.1. The van der Waals surface area contributed by atoms with Crippen LogP contribution in [0.1, 0.15) is 11.1 Å². The average molecular weight is 448 g/mol. The van der Waals surface area contributed by atoms with E-state index in [4.69, 9.17) is 0 Å². The van der Waals surface area contributed by atoms with Crippen molar-refractivity contribution in [2.45, 2.75) is 4.71 Å². The minimum atomic E-state index is -7.93. The summed E-state index contributed by atoms with van der Waals surface area (Å²) in [5.41, 5.74) is 1.49. The molecule has 2 aromatic rings. The topological polar surface area (TPSA) is 10.4 Å². The number of hydrogen-bond acceptors (Lipinski definition) is 4. The third-order valence-corrected chi connectivity index (χ3v) is 6.46. The number of thiol groups is 2. The first-order valence-corrected chi connectivity index (χ1v) is 11.8. The first-order valence-electron chi connectivity index (χ1n) is 8.74. The zero-order chi connectivity index (χ0) is 20.4. The molecule has 2 heterocycles. The van der Waals surface area contributed by atoms with Crippen LogP contribution in [0.15, 0.2) is 48.8 Å². The fourth-order valence-electron chi connectivity index (χ4n) is 2.94.